The Morgan fingerprint density at radius 3 is 2.44 bits per heavy atom. The molecule has 1 aliphatic heterocycles. The van der Waals surface area contributed by atoms with Crippen LogP contribution < -0.4 is 0 Å². The van der Waals surface area contributed by atoms with Crippen molar-refractivity contribution >= 4 is 11.9 Å². The first-order valence-corrected chi connectivity index (χ1v) is 6.21. The van der Waals surface area contributed by atoms with Crippen LogP contribution in [0.4, 0.5) is 0 Å². The van der Waals surface area contributed by atoms with Crippen molar-refractivity contribution < 1.29 is 14.7 Å². The Balaban J connectivity index is 1.93. The van der Waals surface area contributed by atoms with Crippen molar-refractivity contribution in [2.45, 2.75) is 51.0 Å². The van der Waals surface area contributed by atoms with E-state index in [-0.39, 0.29) is 5.91 Å². The van der Waals surface area contributed by atoms with Gasteiger partial charge in [-0.25, -0.2) is 4.79 Å². The van der Waals surface area contributed by atoms with Crippen LogP contribution in [-0.2, 0) is 9.59 Å². The minimum absolute atomic E-state index is 0.0526. The highest BCUT2D eigenvalue weighted by Gasteiger charge is 2.33. The number of carbonyl (C=O) groups is 2. The summed E-state index contributed by atoms with van der Waals surface area (Å²) >= 11 is 0. The highest BCUT2D eigenvalue weighted by atomic mass is 16.4. The minimum Gasteiger partial charge on any atom is -0.480 e. The van der Waals surface area contributed by atoms with E-state index in [2.05, 4.69) is 0 Å². The number of likely N-dealkylation sites (tertiary alicyclic amines) is 1. The number of carboxylic acids is 1. The number of hydrogen-bond acceptors (Lipinski definition) is 2. The molecule has 0 radical (unpaired) electrons. The molecule has 0 aromatic carbocycles. The summed E-state index contributed by atoms with van der Waals surface area (Å²) in [6.07, 6.45) is 6.54. The fourth-order valence-corrected chi connectivity index (χ4v) is 2.55. The van der Waals surface area contributed by atoms with E-state index < -0.39 is 12.0 Å². The number of hydrogen-bond donors (Lipinski definition) is 1. The number of rotatable bonds is 3. The standard InChI is InChI=1S/C12H19NO3/c14-11(8-9-4-3-5-9)13-7-2-1-6-10(13)12(15)16/h9-10H,1-8H2,(H,15,16)/t10-/m0/s1. The summed E-state index contributed by atoms with van der Waals surface area (Å²) < 4.78 is 0. The molecule has 2 rings (SSSR count). The first-order valence-electron chi connectivity index (χ1n) is 6.21. The fourth-order valence-electron chi connectivity index (χ4n) is 2.55. The monoisotopic (exact) mass is 225 g/mol. The Morgan fingerprint density at radius 1 is 1.12 bits per heavy atom. The number of nitrogens with zero attached hydrogens (tertiary/aromatic N) is 1. The number of carboxylic acid groups (broad SMARTS) is 1. The van der Waals surface area contributed by atoms with E-state index in [0.29, 0.717) is 25.3 Å². The van der Waals surface area contributed by atoms with Crippen LogP contribution in [0.1, 0.15) is 44.9 Å². The van der Waals surface area contributed by atoms with Gasteiger partial charge in [0.05, 0.1) is 0 Å². The zero-order chi connectivity index (χ0) is 11.5. The van der Waals surface area contributed by atoms with Gasteiger partial charge in [0.25, 0.3) is 0 Å². The lowest BCUT2D eigenvalue weighted by molar-refractivity contribution is -0.152. The van der Waals surface area contributed by atoms with E-state index in [1.165, 1.54) is 6.42 Å². The largest absolute Gasteiger partial charge is 0.480 e. The van der Waals surface area contributed by atoms with Crippen LogP contribution in [0.25, 0.3) is 0 Å². The molecule has 16 heavy (non-hydrogen) atoms. The molecule has 0 spiro atoms. The van der Waals surface area contributed by atoms with E-state index in [4.69, 9.17) is 5.11 Å². The summed E-state index contributed by atoms with van der Waals surface area (Å²) in [5.41, 5.74) is 0. The maximum Gasteiger partial charge on any atom is 0.326 e. The average molecular weight is 225 g/mol. The third-order valence-electron chi connectivity index (χ3n) is 3.80. The normalized spacial score (nSPS) is 26.2. The molecule has 1 heterocycles. The number of carbonyl (C=O) groups excluding carboxylic acids is 1. The smallest absolute Gasteiger partial charge is 0.326 e. The number of aliphatic carboxylic acids is 1. The second-order valence-electron chi connectivity index (χ2n) is 4.94. The van der Waals surface area contributed by atoms with Gasteiger partial charge in [-0.2, -0.15) is 0 Å². The van der Waals surface area contributed by atoms with Gasteiger partial charge >= 0.3 is 5.97 Å². The molecule has 4 heteroatoms. The molecule has 2 aliphatic rings. The van der Waals surface area contributed by atoms with Gasteiger partial charge in [-0.1, -0.05) is 6.42 Å². The topological polar surface area (TPSA) is 57.6 Å². The Hall–Kier alpha value is -1.06. The van der Waals surface area contributed by atoms with Crippen LogP contribution in [0.2, 0.25) is 0 Å². The lowest BCUT2D eigenvalue weighted by atomic mass is 9.82. The molecule has 1 aliphatic carbocycles. The fraction of sp³-hybridized carbons (Fsp3) is 0.833. The predicted octanol–water partition coefficient (Wildman–Crippen LogP) is 1.64. The zero-order valence-electron chi connectivity index (χ0n) is 9.52. The minimum atomic E-state index is -0.846. The summed E-state index contributed by atoms with van der Waals surface area (Å²) in [7, 11) is 0. The van der Waals surface area contributed by atoms with E-state index in [1.54, 1.807) is 4.90 Å². The van der Waals surface area contributed by atoms with Gasteiger partial charge in [-0.05, 0) is 38.0 Å². The Labute approximate surface area is 95.6 Å². The van der Waals surface area contributed by atoms with E-state index in [1.807, 2.05) is 0 Å². The Morgan fingerprint density at radius 2 is 1.88 bits per heavy atom. The highest BCUT2D eigenvalue weighted by molar-refractivity contribution is 5.84. The van der Waals surface area contributed by atoms with Crippen molar-refractivity contribution in [1.82, 2.24) is 4.90 Å². The van der Waals surface area contributed by atoms with Crippen LogP contribution in [0, 0.1) is 5.92 Å². The van der Waals surface area contributed by atoms with E-state index in [0.717, 1.165) is 25.7 Å². The first-order chi connectivity index (χ1) is 7.68. The van der Waals surface area contributed by atoms with Crippen LogP contribution in [0.5, 0.6) is 0 Å². The van der Waals surface area contributed by atoms with E-state index >= 15 is 0 Å². The summed E-state index contributed by atoms with van der Waals surface area (Å²) in [4.78, 5) is 24.6. The maximum atomic E-state index is 12.0. The SMILES string of the molecule is O=C(O)[C@@H]1CCCCN1C(=O)CC1CCC1. The molecule has 2 fully saturated rings. The van der Waals surface area contributed by atoms with Gasteiger partial charge in [0.2, 0.25) is 5.91 Å². The molecule has 4 nitrogen and oxygen atoms in total. The lowest BCUT2D eigenvalue weighted by Gasteiger charge is -2.35. The summed E-state index contributed by atoms with van der Waals surface area (Å²) in [5.74, 6) is -0.276. The van der Waals surface area contributed by atoms with Crippen LogP contribution in [0.3, 0.4) is 0 Å². The molecule has 1 amide bonds. The molecule has 1 saturated carbocycles. The quantitative estimate of drug-likeness (QED) is 0.794. The van der Waals surface area contributed by atoms with Crippen molar-refractivity contribution in [1.29, 1.82) is 0 Å². The Kier molecular flexibility index (Phi) is 3.46. The molecule has 0 aromatic rings. The molecule has 0 unspecified atom stereocenters. The van der Waals surface area contributed by atoms with Gasteiger partial charge in [-0.3, -0.25) is 4.79 Å². The van der Waals surface area contributed by atoms with Gasteiger partial charge in [0, 0.05) is 13.0 Å². The first kappa shape index (κ1) is 11.4. The molecule has 90 valence electrons. The average Bonchev–Trinajstić information content (AvgIpc) is 2.23. The summed E-state index contributed by atoms with van der Waals surface area (Å²) in [6.45, 7) is 0.628. The van der Waals surface area contributed by atoms with Crippen LogP contribution >= 0.6 is 0 Å². The van der Waals surface area contributed by atoms with Gasteiger partial charge in [-0.15, -0.1) is 0 Å². The van der Waals surface area contributed by atoms with Crippen molar-refractivity contribution in [2.24, 2.45) is 5.92 Å². The number of piperidine rings is 1. The van der Waals surface area contributed by atoms with Crippen LogP contribution in [-0.4, -0.2) is 34.5 Å². The van der Waals surface area contributed by atoms with Crippen molar-refractivity contribution in [3.8, 4) is 0 Å². The molecule has 1 saturated heterocycles. The van der Waals surface area contributed by atoms with Crippen molar-refractivity contribution in [3.63, 3.8) is 0 Å². The maximum absolute atomic E-state index is 12.0. The molecular weight excluding hydrogens is 206 g/mol. The molecule has 1 N–H and O–H groups in total. The molecule has 1 atom stereocenters. The van der Waals surface area contributed by atoms with Gasteiger partial charge < -0.3 is 10.0 Å². The second kappa shape index (κ2) is 4.85. The third kappa shape index (κ3) is 2.36. The summed E-state index contributed by atoms with van der Waals surface area (Å²) in [6, 6.07) is -0.568. The molecule has 0 bridgehead atoms. The number of amides is 1. The summed E-state index contributed by atoms with van der Waals surface area (Å²) in [5, 5.41) is 9.07. The second-order valence-corrected chi connectivity index (χ2v) is 4.94. The van der Waals surface area contributed by atoms with E-state index in [9.17, 15) is 9.59 Å². The predicted molar refractivity (Wildman–Crippen MR) is 58.9 cm³/mol. The Bertz CT molecular complexity index is 286. The van der Waals surface area contributed by atoms with Gasteiger partial charge in [0.1, 0.15) is 6.04 Å². The van der Waals surface area contributed by atoms with Crippen LogP contribution in [0.15, 0.2) is 0 Å². The molecular formula is C12H19NO3. The zero-order valence-corrected chi connectivity index (χ0v) is 9.52. The van der Waals surface area contributed by atoms with Gasteiger partial charge in [0.15, 0.2) is 0 Å². The highest BCUT2D eigenvalue weighted by Crippen LogP contribution is 2.31. The lowest BCUT2D eigenvalue weighted by Crippen LogP contribution is -2.48. The third-order valence-corrected chi connectivity index (χ3v) is 3.80. The van der Waals surface area contributed by atoms with Crippen molar-refractivity contribution in [2.75, 3.05) is 6.54 Å². The van der Waals surface area contributed by atoms with Crippen molar-refractivity contribution in [3.05, 3.63) is 0 Å². The molecule has 0 aromatic heterocycles.